The van der Waals surface area contributed by atoms with Gasteiger partial charge in [0.2, 0.25) is 11.7 Å². The molecule has 0 aliphatic carbocycles. The number of thioether (sulfide) groups is 1. The van der Waals surface area contributed by atoms with Crippen molar-refractivity contribution in [2.75, 3.05) is 0 Å². The molecule has 152 valence electrons. The van der Waals surface area contributed by atoms with Crippen molar-refractivity contribution in [2.24, 2.45) is 0 Å². The lowest BCUT2D eigenvalue weighted by Crippen LogP contribution is -2.04. The van der Waals surface area contributed by atoms with Crippen molar-refractivity contribution in [2.45, 2.75) is 17.0 Å². The van der Waals surface area contributed by atoms with Gasteiger partial charge in [0.15, 0.2) is 0 Å². The summed E-state index contributed by atoms with van der Waals surface area (Å²) in [5.41, 5.74) is 1.27. The van der Waals surface area contributed by atoms with Crippen LogP contribution in [-0.2, 0) is 11.9 Å². The predicted octanol–water partition coefficient (Wildman–Crippen LogP) is 6.16. The zero-order valence-electron chi connectivity index (χ0n) is 15.1. The Bertz CT molecular complexity index is 1150. The molecule has 0 amide bonds. The number of hydrogen-bond donors (Lipinski definition) is 0. The van der Waals surface area contributed by atoms with Crippen LogP contribution in [0.2, 0.25) is 5.02 Å². The van der Waals surface area contributed by atoms with Crippen LogP contribution in [-0.4, -0.2) is 20.3 Å². The summed E-state index contributed by atoms with van der Waals surface area (Å²) in [5, 5.41) is 13.5. The summed E-state index contributed by atoms with van der Waals surface area (Å²) in [7, 11) is 0. The molecular formula is C20H12ClF3N4OS. The van der Waals surface area contributed by atoms with Gasteiger partial charge in [-0.1, -0.05) is 52.8 Å². The fourth-order valence-corrected chi connectivity index (χ4v) is 3.42. The van der Waals surface area contributed by atoms with Gasteiger partial charge in [0.05, 0.1) is 17.0 Å². The highest BCUT2D eigenvalue weighted by Gasteiger charge is 2.30. The second kappa shape index (κ2) is 8.45. The zero-order chi connectivity index (χ0) is 21.1. The van der Waals surface area contributed by atoms with Gasteiger partial charge in [-0.15, -0.1) is 10.2 Å². The maximum atomic E-state index is 12.7. The summed E-state index contributed by atoms with van der Waals surface area (Å²) in [6, 6.07) is 15.6. The van der Waals surface area contributed by atoms with Crippen LogP contribution in [0.3, 0.4) is 0 Å². The standard InChI is InChI=1S/C20H12ClF3N4OS/c21-15-3-1-2-13(10-15)16-8-9-18(27-26-16)30-11-17-25-19(28-29-17)12-4-6-14(7-5-12)20(22,23)24/h1-10H,11H2. The van der Waals surface area contributed by atoms with Crippen LogP contribution in [0.1, 0.15) is 11.5 Å². The predicted molar refractivity (Wildman–Crippen MR) is 107 cm³/mol. The van der Waals surface area contributed by atoms with Crippen LogP contribution in [0.15, 0.2) is 70.2 Å². The van der Waals surface area contributed by atoms with E-state index in [1.165, 1.54) is 23.9 Å². The number of benzene rings is 2. The first kappa shape index (κ1) is 20.4. The van der Waals surface area contributed by atoms with Gasteiger partial charge in [0.25, 0.3) is 0 Å². The third-order valence-electron chi connectivity index (χ3n) is 4.04. The summed E-state index contributed by atoms with van der Waals surface area (Å²) in [6.45, 7) is 0. The monoisotopic (exact) mass is 448 g/mol. The average molecular weight is 449 g/mol. The lowest BCUT2D eigenvalue weighted by atomic mass is 10.1. The minimum Gasteiger partial charge on any atom is -0.338 e. The van der Waals surface area contributed by atoms with Gasteiger partial charge in [0.1, 0.15) is 5.03 Å². The Balaban J connectivity index is 1.40. The first-order valence-electron chi connectivity index (χ1n) is 8.61. The molecule has 0 spiro atoms. The number of hydrogen-bond acceptors (Lipinski definition) is 6. The smallest absolute Gasteiger partial charge is 0.338 e. The minimum atomic E-state index is -4.39. The number of nitrogens with zero attached hydrogens (tertiary/aromatic N) is 4. The van der Waals surface area contributed by atoms with E-state index in [0.717, 1.165) is 17.7 Å². The molecular weight excluding hydrogens is 437 g/mol. The molecule has 4 aromatic rings. The summed E-state index contributed by atoms with van der Waals surface area (Å²) in [4.78, 5) is 4.22. The van der Waals surface area contributed by atoms with Gasteiger partial charge >= 0.3 is 6.18 Å². The largest absolute Gasteiger partial charge is 0.416 e. The first-order valence-corrected chi connectivity index (χ1v) is 9.97. The van der Waals surface area contributed by atoms with E-state index < -0.39 is 11.7 Å². The van der Waals surface area contributed by atoms with Gasteiger partial charge in [0, 0.05) is 16.1 Å². The first-order chi connectivity index (χ1) is 14.4. The molecule has 0 N–H and O–H groups in total. The Morgan fingerprint density at radius 3 is 2.40 bits per heavy atom. The van der Waals surface area contributed by atoms with E-state index in [9.17, 15) is 13.2 Å². The fourth-order valence-electron chi connectivity index (χ4n) is 2.57. The summed E-state index contributed by atoms with van der Waals surface area (Å²) >= 11 is 7.34. The van der Waals surface area contributed by atoms with Gasteiger partial charge in [-0.2, -0.15) is 18.2 Å². The SMILES string of the molecule is FC(F)(F)c1ccc(-c2noc(CSc3ccc(-c4cccc(Cl)c4)nn3)n2)cc1. The van der Waals surface area contributed by atoms with Crippen molar-refractivity contribution in [3.05, 3.63) is 77.1 Å². The van der Waals surface area contributed by atoms with Gasteiger partial charge in [-0.3, -0.25) is 0 Å². The molecule has 0 aliphatic heterocycles. The topological polar surface area (TPSA) is 64.7 Å². The van der Waals surface area contributed by atoms with E-state index >= 15 is 0 Å². The van der Waals surface area contributed by atoms with Crippen LogP contribution in [0.5, 0.6) is 0 Å². The highest BCUT2D eigenvalue weighted by Crippen LogP contribution is 2.31. The summed E-state index contributed by atoms with van der Waals surface area (Å²) in [6.07, 6.45) is -4.39. The minimum absolute atomic E-state index is 0.224. The van der Waals surface area contributed by atoms with E-state index in [0.29, 0.717) is 32.9 Å². The van der Waals surface area contributed by atoms with Gasteiger partial charge < -0.3 is 4.52 Å². The van der Waals surface area contributed by atoms with Crippen molar-refractivity contribution in [1.82, 2.24) is 20.3 Å². The molecule has 2 aromatic carbocycles. The molecule has 5 nitrogen and oxygen atoms in total. The Kier molecular flexibility index (Phi) is 5.74. The van der Waals surface area contributed by atoms with Crippen LogP contribution in [0.25, 0.3) is 22.6 Å². The van der Waals surface area contributed by atoms with Crippen molar-refractivity contribution in [3.63, 3.8) is 0 Å². The van der Waals surface area contributed by atoms with Crippen LogP contribution >= 0.6 is 23.4 Å². The molecule has 0 saturated carbocycles. The molecule has 0 bridgehead atoms. The Morgan fingerprint density at radius 2 is 1.73 bits per heavy atom. The maximum Gasteiger partial charge on any atom is 0.416 e. The average Bonchev–Trinajstić information content (AvgIpc) is 3.21. The molecule has 0 aliphatic rings. The van der Waals surface area contributed by atoms with E-state index in [2.05, 4.69) is 20.3 Å². The van der Waals surface area contributed by atoms with E-state index in [1.807, 2.05) is 24.3 Å². The number of rotatable bonds is 5. The number of aromatic nitrogens is 4. The van der Waals surface area contributed by atoms with Gasteiger partial charge in [-0.25, -0.2) is 0 Å². The molecule has 2 aromatic heterocycles. The van der Waals surface area contributed by atoms with E-state index in [1.54, 1.807) is 12.1 Å². The summed E-state index contributed by atoms with van der Waals surface area (Å²) in [5.74, 6) is 0.899. The van der Waals surface area contributed by atoms with Crippen LogP contribution in [0.4, 0.5) is 13.2 Å². The van der Waals surface area contributed by atoms with Gasteiger partial charge in [-0.05, 0) is 36.4 Å². The molecule has 4 rings (SSSR count). The molecule has 0 atom stereocenters. The molecule has 0 radical (unpaired) electrons. The molecule has 0 unspecified atom stereocenters. The Morgan fingerprint density at radius 1 is 0.933 bits per heavy atom. The number of halogens is 4. The molecule has 10 heteroatoms. The lowest BCUT2D eigenvalue weighted by molar-refractivity contribution is -0.137. The third-order valence-corrected chi connectivity index (χ3v) is 5.18. The zero-order valence-corrected chi connectivity index (χ0v) is 16.7. The molecule has 0 fully saturated rings. The highest BCUT2D eigenvalue weighted by molar-refractivity contribution is 7.98. The van der Waals surface area contributed by atoms with Crippen LogP contribution < -0.4 is 0 Å². The molecule has 30 heavy (non-hydrogen) atoms. The molecule has 0 saturated heterocycles. The normalized spacial score (nSPS) is 11.6. The Labute approximate surface area is 178 Å². The third kappa shape index (κ3) is 4.80. The highest BCUT2D eigenvalue weighted by atomic mass is 35.5. The van der Waals surface area contributed by atoms with E-state index in [4.69, 9.17) is 16.1 Å². The second-order valence-electron chi connectivity index (χ2n) is 6.14. The summed E-state index contributed by atoms with van der Waals surface area (Å²) < 4.78 is 43.1. The second-order valence-corrected chi connectivity index (χ2v) is 7.57. The quantitative estimate of drug-likeness (QED) is 0.341. The maximum absolute atomic E-state index is 12.7. The Hall–Kier alpha value is -2.91. The fraction of sp³-hybridized carbons (Fsp3) is 0.100. The number of alkyl halides is 3. The van der Waals surface area contributed by atoms with Crippen molar-refractivity contribution < 1.29 is 17.7 Å². The lowest BCUT2D eigenvalue weighted by Gasteiger charge is -2.05. The van der Waals surface area contributed by atoms with E-state index in [-0.39, 0.29) is 5.82 Å². The molecule has 2 heterocycles. The van der Waals surface area contributed by atoms with Crippen molar-refractivity contribution >= 4 is 23.4 Å². The van der Waals surface area contributed by atoms with Crippen molar-refractivity contribution in [1.29, 1.82) is 0 Å². The van der Waals surface area contributed by atoms with Crippen molar-refractivity contribution in [3.8, 4) is 22.6 Å². The van der Waals surface area contributed by atoms with Crippen LogP contribution in [0, 0.1) is 0 Å².